The number of hydrogen-bond acceptors (Lipinski definition) is 7. The molecular formula is C24H23N3O5S. The number of amides is 2. The third kappa shape index (κ3) is 7.29. The van der Waals surface area contributed by atoms with Gasteiger partial charge in [-0.15, -0.1) is 11.3 Å². The van der Waals surface area contributed by atoms with Gasteiger partial charge in [-0.1, -0.05) is 12.1 Å². The lowest BCUT2D eigenvalue weighted by Crippen LogP contribution is -2.21. The SMILES string of the molecule is COC(=O)c1cc(CNC(=O)/C=C/c2ccc(OC)cc2)cc(NC(=O)Cc2cscn2)c1. The van der Waals surface area contributed by atoms with Crippen molar-refractivity contribution in [1.29, 1.82) is 0 Å². The summed E-state index contributed by atoms with van der Waals surface area (Å²) in [6.07, 6.45) is 3.22. The molecule has 170 valence electrons. The number of ether oxygens (including phenoxy) is 2. The molecule has 8 nitrogen and oxygen atoms in total. The number of thiazole rings is 1. The molecule has 33 heavy (non-hydrogen) atoms. The quantitative estimate of drug-likeness (QED) is 0.370. The number of hydrogen-bond donors (Lipinski definition) is 2. The highest BCUT2D eigenvalue weighted by molar-refractivity contribution is 7.07. The number of methoxy groups -OCH3 is 2. The number of nitrogens with zero attached hydrogens (tertiary/aromatic N) is 1. The molecule has 1 heterocycles. The van der Waals surface area contributed by atoms with Gasteiger partial charge < -0.3 is 20.1 Å². The molecule has 0 unspecified atom stereocenters. The summed E-state index contributed by atoms with van der Waals surface area (Å²) in [5, 5.41) is 7.33. The molecule has 0 aliphatic heterocycles. The molecule has 3 aromatic rings. The first-order chi connectivity index (χ1) is 16.0. The standard InChI is InChI=1S/C24H23N3O5S/c1-31-21-6-3-16(4-7-21)5-8-22(28)25-13-17-9-18(24(30)32-2)11-19(10-17)27-23(29)12-20-14-33-15-26-20/h3-11,14-15H,12-13H2,1-2H3,(H,25,28)(H,27,29)/b8-5+. The number of nitrogens with one attached hydrogen (secondary N) is 2. The van der Waals surface area contributed by atoms with Crippen LogP contribution in [0.4, 0.5) is 5.69 Å². The van der Waals surface area contributed by atoms with Gasteiger partial charge in [-0.25, -0.2) is 9.78 Å². The zero-order valence-corrected chi connectivity index (χ0v) is 19.0. The van der Waals surface area contributed by atoms with E-state index in [1.54, 1.807) is 48.3 Å². The van der Waals surface area contributed by atoms with Crippen LogP contribution in [0.15, 0.2) is 59.4 Å². The molecule has 0 saturated heterocycles. The molecule has 2 N–H and O–H groups in total. The van der Waals surface area contributed by atoms with Crippen LogP contribution in [-0.2, 0) is 27.3 Å². The van der Waals surface area contributed by atoms with Gasteiger partial charge in [0.05, 0.1) is 37.4 Å². The number of anilines is 1. The number of rotatable bonds is 9. The van der Waals surface area contributed by atoms with Crippen molar-refractivity contribution in [3.63, 3.8) is 0 Å². The zero-order valence-electron chi connectivity index (χ0n) is 18.2. The summed E-state index contributed by atoms with van der Waals surface area (Å²) in [5.41, 5.74) is 4.50. The fraction of sp³-hybridized carbons (Fsp3) is 0.167. The summed E-state index contributed by atoms with van der Waals surface area (Å²) < 4.78 is 9.91. The van der Waals surface area contributed by atoms with Gasteiger partial charge in [0.15, 0.2) is 0 Å². The van der Waals surface area contributed by atoms with E-state index >= 15 is 0 Å². The average molecular weight is 466 g/mol. The molecule has 0 radical (unpaired) electrons. The van der Waals surface area contributed by atoms with Crippen molar-refractivity contribution in [2.24, 2.45) is 0 Å². The van der Waals surface area contributed by atoms with E-state index in [2.05, 4.69) is 15.6 Å². The van der Waals surface area contributed by atoms with E-state index in [-0.39, 0.29) is 30.3 Å². The Bertz CT molecular complexity index is 1140. The van der Waals surface area contributed by atoms with Crippen molar-refractivity contribution >= 4 is 40.9 Å². The monoisotopic (exact) mass is 465 g/mol. The van der Waals surface area contributed by atoms with Gasteiger partial charge in [-0.2, -0.15) is 0 Å². The minimum atomic E-state index is -0.544. The first-order valence-corrected chi connectivity index (χ1v) is 10.9. The van der Waals surface area contributed by atoms with Crippen LogP contribution in [0.1, 0.15) is 27.2 Å². The van der Waals surface area contributed by atoms with Crippen molar-refractivity contribution in [1.82, 2.24) is 10.3 Å². The normalized spacial score (nSPS) is 10.6. The Kier molecular flexibility index (Phi) is 8.31. The van der Waals surface area contributed by atoms with Crippen LogP contribution in [0.5, 0.6) is 5.75 Å². The lowest BCUT2D eigenvalue weighted by atomic mass is 10.1. The molecule has 0 saturated carbocycles. The number of benzene rings is 2. The molecule has 2 amide bonds. The third-order valence-corrected chi connectivity index (χ3v) is 5.17. The Morgan fingerprint density at radius 2 is 1.88 bits per heavy atom. The van der Waals surface area contributed by atoms with E-state index in [0.717, 1.165) is 11.3 Å². The van der Waals surface area contributed by atoms with Crippen LogP contribution in [0.25, 0.3) is 6.08 Å². The molecule has 1 aromatic heterocycles. The van der Waals surface area contributed by atoms with Crippen LogP contribution in [0, 0.1) is 0 Å². The maximum atomic E-state index is 12.3. The molecule has 0 spiro atoms. The predicted molar refractivity (Wildman–Crippen MR) is 126 cm³/mol. The van der Waals surface area contributed by atoms with Gasteiger partial charge in [0.25, 0.3) is 0 Å². The van der Waals surface area contributed by atoms with E-state index in [0.29, 0.717) is 16.9 Å². The van der Waals surface area contributed by atoms with Crippen LogP contribution in [0.3, 0.4) is 0 Å². The fourth-order valence-electron chi connectivity index (χ4n) is 2.93. The number of esters is 1. The Morgan fingerprint density at radius 3 is 2.55 bits per heavy atom. The molecular weight excluding hydrogens is 442 g/mol. The van der Waals surface area contributed by atoms with Gasteiger partial charge in [0, 0.05) is 23.7 Å². The van der Waals surface area contributed by atoms with E-state index in [4.69, 9.17) is 9.47 Å². The summed E-state index contributed by atoms with van der Waals surface area (Å²) in [7, 11) is 2.87. The van der Waals surface area contributed by atoms with E-state index in [1.807, 2.05) is 12.1 Å². The van der Waals surface area contributed by atoms with E-state index in [9.17, 15) is 14.4 Å². The maximum Gasteiger partial charge on any atom is 0.337 e. The molecule has 0 aliphatic carbocycles. The second-order valence-corrected chi connectivity index (χ2v) is 7.66. The van der Waals surface area contributed by atoms with Crippen molar-refractivity contribution in [2.75, 3.05) is 19.5 Å². The number of carbonyl (C=O) groups is 3. The summed E-state index contributed by atoms with van der Waals surface area (Å²) in [6.45, 7) is 0.158. The topological polar surface area (TPSA) is 107 Å². The largest absolute Gasteiger partial charge is 0.497 e. The van der Waals surface area contributed by atoms with Crippen LogP contribution < -0.4 is 15.4 Å². The Balaban J connectivity index is 1.65. The van der Waals surface area contributed by atoms with Crippen molar-refractivity contribution in [3.05, 3.63) is 81.8 Å². The summed E-state index contributed by atoms with van der Waals surface area (Å²) in [4.78, 5) is 40.7. The minimum absolute atomic E-state index is 0.119. The molecule has 0 aliphatic rings. The van der Waals surface area contributed by atoms with Gasteiger partial charge >= 0.3 is 5.97 Å². The Hall–Kier alpha value is -3.98. The first kappa shape index (κ1) is 23.7. The summed E-state index contributed by atoms with van der Waals surface area (Å²) in [6, 6.07) is 12.1. The molecule has 9 heteroatoms. The zero-order chi connectivity index (χ0) is 23.6. The lowest BCUT2D eigenvalue weighted by molar-refractivity contribution is -0.117. The van der Waals surface area contributed by atoms with E-state index < -0.39 is 5.97 Å². The molecule has 3 rings (SSSR count). The van der Waals surface area contributed by atoms with Gasteiger partial charge in [0.1, 0.15) is 5.75 Å². The van der Waals surface area contributed by atoms with Crippen molar-refractivity contribution < 1.29 is 23.9 Å². The van der Waals surface area contributed by atoms with Crippen molar-refractivity contribution in [3.8, 4) is 5.75 Å². The van der Waals surface area contributed by atoms with Gasteiger partial charge in [-0.3, -0.25) is 9.59 Å². The smallest absolute Gasteiger partial charge is 0.337 e. The molecule has 0 bridgehead atoms. The molecule has 0 atom stereocenters. The summed E-state index contributed by atoms with van der Waals surface area (Å²) in [5.74, 6) is -0.377. The Morgan fingerprint density at radius 1 is 1.09 bits per heavy atom. The first-order valence-electron chi connectivity index (χ1n) is 9.96. The second-order valence-electron chi connectivity index (χ2n) is 6.94. The second kappa shape index (κ2) is 11.6. The highest BCUT2D eigenvalue weighted by Gasteiger charge is 2.12. The molecule has 0 fully saturated rings. The van der Waals surface area contributed by atoms with Crippen LogP contribution >= 0.6 is 11.3 Å². The van der Waals surface area contributed by atoms with E-state index in [1.165, 1.54) is 30.6 Å². The minimum Gasteiger partial charge on any atom is -0.497 e. The average Bonchev–Trinajstić information content (AvgIpc) is 3.33. The number of carbonyl (C=O) groups excluding carboxylic acids is 3. The maximum absolute atomic E-state index is 12.3. The third-order valence-electron chi connectivity index (χ3n) is 4.53. The van der Waals surface area contributed by atoms with Crippen molar-refractivity contribution in [2.45, 2.75) is 13.0 Å². The summed E-state index contributed by atoms with van der Waals surface area (Å²) >= 11 is 1.41. The highest BCUT2D eigenvalue weighted by Crippen LogP contribution is 2.17. The highest BCUT2D eigenvalue weighted by atomic mass is 32.1. The van der Waals surface area contributed by atoms with Gasteiger partial charge in [-0.05, 0) is 47.5 Å². The van der Waals surface area contributed by atoms with Crippen LogP contribution in [0.2, 0.25) is 0 Å². The predicted octanol–water partition coefficient (Wildman–Crippen LogP) is 3.45. The lowest BCUT2D eigenvalue weighted by Gasteiger charge is -2.10. The van der Waals surface area contributed by atoms with Gasteiger partial charge in [0.2, 0.25) is 11.8 Å². The Labute approximate surface area is 195 Å². The fourth-order valence-corrected chi connectivity index (χ4v) is 3.49. The molecule has 2 aromatic carbocycles. The van der Waals surface area contributed by atoms with Crippen LogP contribution in [-0.4, -0.2) is 37.0 Å². The number of aromatic nitrogens is 1.